The molecule has 1 heterocycles. The first-order valence-electron chi connectivity index (χ1n) is 6.87. The SMILES string of the molecule is Nc1nnnn1N=Cc1ccc(OCc2ccc(Cl)cc2Cl)cc1. The van der Waals surface area contributed by atoms with Gasteiger partial charge in [-0.25, -0.2) is 0 Å². The molecule has 0 unspecified atom stereocenters. The van der Waals surface area contributed by atoms with E-state index in [0.29, 0.717) is 22.4 Å². The number of ether oxygens (including phenoxy) is 1. The zero-order valence-electron chi connectivity index (χ0n) is 12.3. The zero-order chi connectivity index (χ0) is 16.9. The summed E-state index contributed by atoms with van der Waals surface area (Å²) in [5.41, 5.74) is 7.23. The number of benzene rings is 2. The third kappa shape index (κ3) is 4.01. The molecule has 0 bridgehead atoms. The van der Waals surface area contributed by atoms with Crippen molar-refractivity contribution in [1.29, 1.82) is 0 Å². The molecule has 0 spiro atoms. The Kier molecular flexibility index (Phi) is 4.93. The molecular weight excluding hydrogens is 351 g/mol. The summed E-state index contributed by atoms with van der Waals surface area (Å²) >= 11 is 12.0. The van der Waals surface area contributed by atoms with E-state index in [2.05, 4.69) is 20.6 Å². The van der Waals surface area contributed by atoms with Crippen LogP contribution in [0.4, 0.5) is 5.95 Å². The Labute approximate surface area is 147 Å². The average molecular weight is 363 g/mol. The Balaban J connectivity index is 1.62. The Morgan fingerprint density at radius 2 is 1.96 bits per heavy atom. The second kappa shape index (κ2) is 7.29. The van der Waals surface area contributed by atoms with E-state index in [0.717, 1.165) is 15.9 Å². The standard InChI is InChI=1S/C15H12Cl2N6O/c16-12-4-3-11(14(17)7-12)9-24-13-5-1-10(2-6-13)8-19-23-15(18)20-21-22-23/h1-8H,9H2,(H2,18,20,22). The van der Waals surface area contributed by atoms with Crippen LogP contribution in [-0.2, 0) is 6.61 Å². The van der Waals surface area contributed by atoms with Crippen molar-refractivity contribution < 1.29 is 4.74 Å². The molecule has 0 radical (unpaired) electrons. The largest absolute Gasteiger partial charge is 0.489 e. The summed E-state index contributed by atoms with van der Waals surface area (Å²) < 4.78 is 5.71. The second-order valence-electron chi connectivity index (χ2n) is 4.76. The van der Waals surface area contributed by atoms with Crippen LogP contribution in [0.1, 0.15) is 11.1 Å². The first-order valence-corrected chi connectivity index (χ1v) is 7.62. The fourth-order valence-corrected chi connectivity index (χ4v) is 2.31. The van der Waals surface area contributed by atoms with Gasteiger partial charge in [-0.1, -0.05) is 39.2 Å². The fraction of sp³-hybridized carbons (Fsp3) is 0.0667. The maximum atomic E-state index is 6.11. The molecular formula is C15H12Cl2N6O. The molecule has 0 atom stereocenters. The van der Waals surface area contributed by atoms with E-state index in [9.17, 15) is 0 Å². The maximum absolute atomic E-state index is 6.11. The van der Waals surface area contributed by atoms with Crippen LogP contribution >= 0.6 is 23.2 Å². The summed E-state index contributed by atoms with van der Waals surface area (Å²) in [4.78, 5) is 1.13. The van der Waals surface area contributed by atoms with Crippen LogP contribution < -0.4 is 10.5 Å². The van der Waals surface area contributed by atoms with Gasteiger partial charge in [-0.3, -0.25) is 0 Å². The van der Waals surface area contributed by atoms with Gasteiger partial charge in [0.1, 0.15) is 12.4 Å². The molecule has 0 aliphatic carbocycles. The van der Waals surface area contributed by atoms with Crippen molar-refractivity contribution in [3.05, 3.63) is 63.6 Å². The third-order valence-corrected chi connectivity index (χ3v) is 3.67. The quantitative estimate of drug-likeness (QED) is 0.704. The molecule has 2 N–H and O–H groups in total. The van der Waals surface area contributed by atoms with Crippen LogP contribution in [0.3, 0.4) is 0 Å². The topological polar surface area (TPSA) is 91.2 Å². The Morgan fingerprint density at radius 1 is 1.17 bits per heavy atom. The predicted octanol–water partition coefficient (Wildman–Crippen LogP) is 3.02. The molecule has 0 aliphatic rings. The number of tetrazole rings is 1. The summed E-state index contributed by atoms with van der Waals surface area (Å²) in [5, 5.41) is 15.8. The van der Waals surface area contributed by atoms with Gasteiger partial charge < -0.3 is 10.5 Å². The van der Waals surface area contributed by atoms with Crippen molar-refractivity contribution in [3.63, 3.8) is 0 Å². The van der Waals surface area contributed by atoms with Crippen molar-refractivity contribution in [2.45, 2.75) is 6.61 Å². The molecule has 0 amide bonds. The summed E-state index contributed by atoms with van der Waals surface area (Å²) in [5.74, 6) is 0.825. The Morgan fingerprint density at radius 3 is 2.62 bits per heavy atom. The predicted molar refractivity (Wildman–Crippen MR) is 92.5 cm³/mol. The van der Waals surface area contributed by atoms with E-state index in [1.165, 1.54) is 0 Å². The molecule has 0 saturated carbocycles. The summed E-state index contributed by atoms with van der Waals surface area (Å²) in [7, 11) is 0. The number of nitrogen functional groups attached to an aromatic ring is 1. The Bertz CT molecular complexity index is 863. The van der Waals surface area contributed by atoms with Gasteiger partial charge in [0.05, 0.1) is 6.21 Å². The third-order valence-electron chi connectivity index (χ3n) is 3.08. The molecule has 3 aromatic rings. The highest BCUT2D eigenvalue weighted by atomic mass is 35.5. The average Bonchev–Trinajstić information content (AvgIpc) is 2.98. The first kappa shape index (κ1) is 16.2. The molecule has 3 rings (SSSR count). The van der Waals surface area contributed by atoms with Crippen molar-refractivity contribution in [2.75, 3.05) is 5.73 Å². The lowest BCUT2D eigenvalue weighted by Crippen LogP contribution is -1.99. The molecule has 24 heavy (non-hydrogen) atoms. The number of halogens is 2. The van der Waals surface area contributed by atoms with Crippen LogP contribution in [0.15, 0.2) is 47.6 Å². The molecule has 1 aromatic heterocycles. The number of anilines is 1. The number of hydrogen-bond donors (Lipinski definition) is 1. The summed E-state index contributed by atoms with van der Waals surface area (Å²) in [6, 6.07) is 12.7. The first-order chi connectivity index (χ1) is 11.6. The summed E-state index contributed by atoms with van der Waals surface area (Å²) in [6.07, 6.45) is 1.59. The Hall–Kier alpha value is -2.64. The van der Waals surface area contributed by atoms with E-state index >= 15 is 0 Å². The van der Waals surface area contributed by atoms with Crippen LogP contribution in [0.25, 0.3) is 0 Å². The molecule has 0 aliphatic heterocycles. The molecule has 122 valence electrons. The summed E-state index contributed by atoms with van der Waals surface area (Å²) in [6.45, 7) is 0.352. The van der Waals surface area contributed by atoms with E-state index in [-0.39, 0.29) is 5.95 Å². The number of nitrogens with two attached hydrogens (primary N) is 1. The molecule has 0 saturated heterocycles. The highest BCUT2D eigenvalue weighted by Crippen LogP contribution is 2.22. The minimum Gasteiger partial charge on any atom is -0.489 e. The lowest BCUT2D eigenvalue weighted by molar-refractivity contribution is 0.306. The molecule has 7 nitrogen and oxygen atoms in total. The van der Waals surface area contributed by atoms with Crippen molar-refractivity contribution in [3.8, 4) is 5.75 Å². The lowest BCUT2D eigenvalue weighted by atomic mass is 10.2. The van der Waals surface area contributed by atoms with Gasteiger partial charge in [0.15, 0.2) is 0 Å². The normalized spacial score (nSPS) is 11.1. The smallest absolute Gasteiger partial charge is 0.263 e. The minimum absolute atomic E-state index is 0.117. The lowest BCUT2D eigenvalue weighted by Gasteiger charge is -2.08. The number of rotatable bonds is 5. The van der Waals surface area contributed by atoms with Gasteiger partial charge in [0, 0.05) is 15.6 Å². The van der Waals surface area contributed by atoms with E-state index < -0.39 is 0 Å². The van der Waals surface area contributed by atoms with Gasteiger partial charge in [0.25, 0.3) is 5.95 Å². The highest BCUT2D eigenvalue weighted by Gasteiger charge is 2.03. The monoisotopic (exact) mass is 362 g/mol. The van der Waals surface area contributed by atoms with Gasteiger partial charge in [-0.15, -0.1) is 0 Å². The maximum Gasteiger partial charge on any atom is 0.263 e. The molecule has 0 fully saturated rings. The van der Waals surface area contributed by atoms with Crippen molar-refractivity contribution in [1.82, 2.24) is 20.3 Å². The van der Waals surface area contributed by atoms with Crippen molar-refractivity contribution in [2.24, 2.45) is 5.10 Å². The van der Waals surface area contributed by atoms with E-state index in [1.807, 2.05) is 30.3 Å². The van der Waals surface area contributed by atoms with Crippen LogP contribution in [-0.4, -0.2) is 26.5 Å². The van der Waals surface area contributed by atoms with Gasteiger partial charge in [-0.05, 0) is 52.4 Å². The van der Waals surface area contributed by atoms with Crippen molar-refractivity contribution >= 4 is 35.4 Å². The van der Waals surface area contributed by atoms with E-state index in [4.69, 9.17) is 33.7 Å². The van der Waals surface area contributed by atoms with Gasteiger partial charge in [0.2, 0.25) is 0 Å². The van der Waals surface area contributed by atoms with Gasteiger partial charge in [-0.2, -0.15) is 5.10 Å². The van der Waals surface area contributed by atoms with Crippen LogP contribution in [0.5, 0.6) is 5.75 Å². The fourth-order valence-electron chi connectivity index (χ4n) is 1.84. The van der Waals surface area contributed by atoms with Crippen LogP contribution in [0, 0.1) is 0 Å². The minimum atomic E-state index is 0.117. The van der Waals surface area contributed by atoms with Gasteiger partial charge >= 0.3 is 0 Å². The number of hydrogen-bond acceptors (Lipinski definition) is 6. The molecule has 2 aromatic carbocycles. The highest BCUT2D eigenvalue weighted by molar-refractivity contribution is 6.35. The zero-order valence-corrected chi connectivity index (χ0v) is 13.8. The number of nitrogens with zero attached hydrogens (tertiary/aromatic N) is 5. The van der Waals surface area contributed by atoms with Crippen LogP contribution in [0.2, 0.25) is 10.0 Å². The molecule has 9 heteroatoms. The number of aromatic nitrogens is 4. The van der Waals surface area contributed by atoms with E-state index in [1.54, 1.807) is 18.3 Å². The second-order valence-corrected chi connectivity index (χ2v) is 5.61.